The van der Waals surface area contributed by atoms with E-state index in [-0.39, 0.29) is 12.6 Å². The Balaban J connectivity index is 0.000000421. The number of ether oxygens (including phenoxy) is 1. The van der Waals surface area contributed by atoms with Crippen LogP contribution in [0.2, 0.25) is 0 Å². The number of pyridine rings is 1. The molecule has 4 heterocycles. The van der Waals surface area contributed by atoms with Crippen molar-refractivity contribution in [2.24, 2.45) is 0 Å². The second-order valence-corrected chi connectivity index (χ2v) is 8.50. The van der Waals surface area contributed by atoms with Crippen LogP contribution >= 0.6 is 0 Å². The highest BCUT2D eigenvalue weighted by molar-refractivity contribution is 6.01. The molecule has 0 spiro atoms. The van der Waals surface area contributed by atoms with Crippen molar-refractivity contribution in [3.63, 3.8) is 0 Å². The molecule has 0 bridgehead atoms. The number of hydrogen-bond acceptors (Lipinski definition) is 6. The monoisotopic (exact) mass is 478 g/mol. The van der Waals surface area contributed by atoms with Gasteiger partial charge in [0.15, 0.2) is 0 Å². The van der Waals surface area contributed by atoms with Gasteiger partial charge >= 0.3 is 12.2 Å². The van der Waals surface area contributed by atoms with Crippen molar-refractivity contribution in [1.29, 1.82) is 0 Å². The zero-order valence-electron chi connectivity index (χ0n) is 19.9. The topological polar surface area (TPSA) is 113 Å². The van der Waals surface area contributed by atoms with Crippen LogP contribution in [-0.2, 0) is 4.74 Å². The summed E-state index contributed by atoms with van der Waals surface area (Å²) in [5.41, 5.74) is 2.76. The number of rotatable bonds is 2. The fourth-order valence-corrected chi connectivity index (χ4v) is 4.43. The molecule has 1 atom stereocenters. The highest BCUT2D eigenvalue weighted by Gasteiger charge is 2.35. The number of anilines is 2. The number of piperidine rings is 1. The smallest absolute Gasteiger partial charge is 0.414 e. The normalized spacial score (nSPS) is 17.7. The molecule has 1 saturated heterocycles. The molecule has 2 aliphatic rings. The summed E-state index contributed by atoms with van der Waals surface area (Å²) in [5.74, 6) is 0. The van der Waals surface area contributed by atoms with Crippen LogP contribution in [0.25, 0.3) is 11.1 Å². The number of nitrogens with one attached hydrogen (secondary N) is 1. The number of carbonyl (C=O) groups excluding carboxylic acids is 1. The minimum atomic E-state index is -1.05. The Morgan fingerprint density at radius 1 is 1.09 bits per heavy atom. The average molecular weight is 479 g/mol. The number of fused-ring (bicyclic) bond motifs is 1. The summed E-state index contributed by atoms with van der Waals surface area (Å²) in [4.78, 5) is 30.7. The standard InChI is InChI=1S/C20H25N5O4.C5H5N/c1-13-11-23(19(26)27)18-9-14(3-4-17(18)25(13)20(28)29-2)15-10-22-24(12-15)16-5-7-21-8-6-16;1-2-4-6-5-3-1/h3-4,9-10,12-13,16,21H,5-8,11H2,1-2H3,(H,26,27);1-5H/t13-;/m0./s1. The van der Waals surface area contributed by atoms with Crippen LogP contribution in [0.1, 0.15) is 25.8 Å². The van der Waals surface area contributed by atoms with Crippen molar-refractivity contribution >= 4 is 23.6 Å². The molecule has 10 nitrogen and oxygen atoms in total. The number of benzene rings is 1. The summed E-state index contributed by atoms with van der Waals surface area (Å²) in [6.07, 6.45) is 7.82. The summed E-state index contributed by atoms with van der Waals surface area (Å²) in [6, 6.07) is 11.2. The van der Waals surface area contributed by atoms with Gasteiger partial charge in [0.2, 0.25) is 0 Å². The molecule has 1 fully saturated rings. The molecule has 10 heteroatoms. The Kier molecular flexibility index (Phi) is 7.61. The second-order valence-electron chi connectivity index (χ2n) is 8.50. The minimum Gasteiger partial charge on any atom is -0.465 e. The van der Waals surface area contributed by atoms with Gasteiger partial charge in [-0.1, -0.05) is 12.1 Å². The summed E-state index contributed by atoms with van der Waals surface area (Å²) < 4.78 is 6.89. The fraction of sp³-hybridized carbons (Fsp3) is 0.360. The first-order chi connectivity index (χ1) is 17.0. The number of carboxylic acid groups (broad SMARTS) is 1. The lowest BCUT2D eigenvalue weighted by Gasteiger charge is -2.39. The summed E-state index contributed by atoms with van der Waals surface area (Å²) >= 11 is 0. The predicted molar refractivity (Wildman–Crippen MR) is 133 cm³/mol. The Labute approximate surface area is 204 Å². The van der Waals surface area contributed by atoms with Gasteiger partial charge in [0.05, 0.1) is 43.3 Å². The van der Waals surface area contributed by atoms with Crippen LogP contribution < -0.4 is 15.1 Å². The van der Waals surface area contributed by atoms with Gasteiger partial charge in [-0.05, 0) is 62.7 Å². The first-order valence-electron chi connectivity index (χ1n) is 11.6. The predicted octanol–water partition coefficient (Wildman–Crippen LogP) is 4.02. The zero-order chi connectivity index (χ0) is 24.8. The third kappa shape index (κ3) is 5.43. The van der Waals surface area contributed by atoms with Crippen LogP contribution in [-0.4, -0.2) is 64.8 Å². The fourth-order valence-electron chi connectivity index (χ4n) is 4.43. The Morgan fingerprint density at radius 2 is 1.83 bits per heavy atom. The van der Waals surface area contributed by atoms with Crippen molar-refractivity contribution in [3.05, 3.63) is 61.2 Å². The van der Waals surface area contributed by atoms with Crippen LogP contribution in [0.3, 0.4) is 0 Å². The number of nitrogens with zero attached hydrogens (tertiary/aromatic N) is 5. The van der Waals surface area contributed by atoms with Crippen LogP contribution in [0, 0.1) is 0 Å². The van der Waals surface area contributed by atoms with Crippen molar-refractivity contribution in [2.75, 3.05) is 36.5 Å². The van der Waals surface area contributed by atoms with Gasteiger partial charge in [-0.25, -0.2) is 9.59 Å². The molecule has 2 N–H and O–H groups in total. The van der Waals surface area contributed by atoms with Crippen molar-refractivity contribution in [2.45, 2.75) is 31.8 Å². The molecule has 0 radical (unpaired) electrons. The van der Waals surface area contributed by atoms with Crippen LogP contribution in [0.15, 0.2) is 61.2 Å². The molecule has 2 amide bonds. The Hall–Kier alpha value is -3.92. The number of carbonyl (C=O) groups is 2. The van der Waals surface area contributed by atoms with Crippen molar-refractivity contribution in [1.82, 2.24) is 20.1 Å². The maximum Gasteiger partial charge on any atom is 0.414 e. The number of hydrogen-bond donors (Lipinski definition) is 2. The van der Waals surface area contributed by atoms with E-state index in [1.54, 1.807) is 37.6 Å². The van der Waals surface area contributed by atoms with Gasteiger partial charge in [-0.15, -0.1) is 0 Å². The first kappa shape index (κ1) is 24.2. The zero-order valence-corrected chi connectivity index (χ0v) is 19.9. The Morgan fingerprint density at radius 3 is 2.43 bits per heavy atom. The lowest BCUT2D eigenvalue weighted by atomic mass is 10.0. The molecular weight excluding hydrogens is 448 g/mol. The molecule has 184 valence electrons. The number of methoxy groups -OCH3 is 1. The van der Waals surface area contributed by atoms with E-state index in [1.807, 2.05) is 35.1 Å². The van der Waals surface area contributed by atoms with E-state index in [1.165, 1.54) is 16.9 Å². The summed E-state index contributed by atoms with van der Waals surface area (Å²) in [5, 5.41) is 17.6. The molecule has 35 heavy (non-hydrogen) atoms. The SMILES string of the molecule is COC(=O)N1c2ccc(-c3cnn(C4CCNCC4)c3)cc2N(C(=O)O)C[C@@H]1C.c1ccncc1. The van der Waals surface area contributed by atoms with Crippen LogP contribution in [0.4, 0.5) is 21.0 Å². The van der Waals surface area contributed by atoms with Gasteiger partial charge in [0, 0.05) is 24.2 Å². The lowest BCUT2D eigenvalue weighted by Crippen LogP contribution is -2.51. The van der Waals surface area contributed by atoms with Gasteiger partial charge in [0.25, 0.3) is 0 Å². The highest BCUT2D eigenvalue weighted by atomic mass is 16.5. The van der Waals surface area contributed by atoms with Gasteiger partial charge < -0.3 is 15.2 Å². The third-order valence-electron chi connectivity index (χ3n) is 6.20. The maximum atomic E-state index is 12.3. The summed E-state index contributed by atoms with van der Waals surface area (Å²) in [7, 11) is 1.32. The molecule has 2 aromatic heterocycles. The maximum absolute atomic E-state index is 12.3. The quantitative estimate of drug-likeness (QED) is 0.572. The molecule has 0 saturated carbocycles. The number of amides is 2. The van der Waals surface area contributed by atoms with E-state index in [2.05, 4.69) is 15.4 Å². The second kappa shape index (κ2) is 11.0. The van der Waals surface area contributed by atoms with E-state index in [0.717, 1.165) is 37.1 Å². The van der Waals surface area contributed by atoms with Gasteiger partial charge in [-0.3, -0.25) is 19.5 Å². The van der Waals surface area contributed by atoms with Gasteiger partial charge in [-0.2, -0.15) is 5.10 Å². The molecule has 0 aliphatic carbocycles. The van der Waals surface area contributed by atoms with E-state index < -0.39 is 12.2 Å². The molecular formula is C25H30N6O4. The lowest BCUT2D eigenvalue weighted by molar-refractivity contribution is 0.175. The molecule has 2 aliphatic heterocycles. The first-order valence-corrected chi connectivity index (χ1v) is 11.6. The van der Waals surface area contributed by atoms with Crippen molar-refractivity contribution in [3.8, 4) is 11.1 Å². The van der Waals surface area contributed by atoms with E-state index in [0.29, 0.717) is 17.4 Å². The van der Waals surface area contributed by atoms with Crippen LogP contribution in [0.5, 0.6) is 0 Å². The van der Waals surface area contributed by atoms with E-state index >= 15 is 0 Å². The molecule has 1 aromatic carbocycles. The number of aromatic nitrogens is 3. The van der Waals surface area contributed by atoms with E-state index in [4.69, 9.17) is 4.74 Å². The molecule has 5 rings (SSSR count). The largest absolute Gasteiger partial charge is 0.465 e. The van der Waals surface area contributed by atoms with Crippen molar-refractivity contribution < 1.29 is 19.4 Å². The average Bonchev–Trinajstić information content (AvgIpc) is 3.40. The molecule has 0 unspecified atom stereocenters. The summed E-state index contributed by atoms with van der Waals surface area (Å²) in [6.45, 7) is 3.93. The van der Waals surface area contributed by atoms with E-state index in [9.17, 15) is 14.7 Å². The Bertz CT molecular complexity index is 1120. The minimum absolute atomic E-state index is 0.176. The molecule has 3 aromatic rings. The van der Waals surface area contributed by atoms with Gasteiger partial charge in [0.1, 0.15) is 0 Å². The third-order valence-corrected chi connectivity index (χ3v) is 6.20. The highest BCUT2D eigenvalue weighted by Crippen LogP contribution is 2.39.